The number of para-hydroxylation sites is 1. The molecule has 2 aliphatic rings. The monoisotopic (exact) mass is 375 g/mol. The number of carbonyl (C=O) groups excluding carboxylic acids is 2. The summed E-state index contributed by atoms with van der Waals surface area (Å²) in [5, 5.41) is 2.16. The van der Waals surface area contributed by atoms with Gasteiger partial charge in [-0.05, 0) is 23.6 Å². The highest BCUT2D eigenvalue weighted by molar-refractivity contribution is 7.10. The van der Waals surface area contributed by atoms with Crippen LogP contribution in [0.25, 0.3) is 0 Å². The number of anilines is 1. The molecule has 0 spiro atoms. The average Bonchev–Trinajstić information content (AvgIpc) is 3.28. The maximum atomic E-state index is 12.6. The first kappa shape index (κ1) is 16.4. The number of ketones is 1. The fraction of sp³-hybridized carbons (Fsp3) is 0.182. The van der Waals surface area contributed by atoms with Gasteiger partial charge in [-0.1, -0.05) is 42.5 Å². The van der Waals surface area contributed by atoms with Crippen molar-refractivity contribution in [1.82, 2.24) is 0 Å². The van der Waals surface area contributed by atoms with Crippen LogP contribution in [0.1, 0.15) is 32.4 Å². The van der Waals surface area contributed by atoms with E-state index in [0.717, 1.165) is 18.7 Å². The van der Waals surface area contributed by atoms with E-state index in [1.807, 2.05) is 35.6 Å². The van der Waals surface area contributed by atoms with E-state index < -0.39 is 11.7 Å². The minimum Gasteiger partial charge on any atom is -0.307 e. The summed E-state index contributed by atoms with van der Waals surface area (Å²) in [4.78, 5) is 29.4. The summed E-state index contributed by atoms with van der Waals surface area (Å²) in [7, 11) is 0. The largest absolute Gasteiger partial charge is 0.307 e. The Kier molecular flexibility index (Phi) is 3.92. The Morgan fingerprint density at radius 1 is 1.00 bits per heavy atom. The number of amides is 1. The Morgan fingerprint density at radius 2 is 1.78 bits per heavy atom. The van der Waals surface area contributed by atoms with E-state index >= 15 is 0 Å². The van der Waals surface area contributed by atoms with E-state index in [2.05, 4.69) is 35.7 Å². The lowest BCUT2D eigenvalue weighted by molar-refractivity contribution is -0.926. The molecule has 27 heavy (non-hydrogen) atoms. The van der Waals surface area contributed by atoms with Gasteiger partial charge in [-0.3, -0.25) is 14.5 Å². The van der Waals surface area contributed by atoms with Gasteiger partial charge in [0.05, 0.1) is 17.8 Å². The molecule has 0 saturated carbocycles. The predicted molar refractivity (Wildman–Crippen MR) is 105 cm³/mol. The lowest BCUT2D eigenvalue weighted by atomic mass is 9.93. The van der Waals surface area contributed by atoms with Gasteiger partial charge in [-0.25, -0.2) is 0 Å². The number of carbonyl (C=O) groups is 2. The number of rotatable bonds is 3. The molecule has 2 atom stereocenters. The van der Waals surface area contributed by atoms with Crippen LogP contribution in [0.2, 0.25) is 0 Å². The molecule has 2 aliphatic heterocycles. The molecule has 134 valence electrons. The van der Waals surface area contributed by atoms with E-state index in [9.17, 15) is 9.59 Å². The molecule has 0 fully saturated rings. The number of hydrogen-bond acceptors (Lipinski definition) is 3. The summed E-state index contributed by atoms with van der Waals surface area (Å²) in [6, 6.07) is 20.2. The molecule has 0 aliphatic carbocycles. The molecule has 1 N–H and O–H groups in total. The van der Waals surface area contributed by atoms with Crippen molar-refractivity contribution in [2.24, 2.45) is 0 Å². The van der Waals surface area contributed by atoms with Crippen molar-refractivity contribution >= 4 is 28.7 Å². The zero-order valence-corrected chi connectivity index (χ0v) is 15.5. The van der Waals surface area contributed by atoms with Gasteiger partial charge >= 0.3 is 5.91 Å². The predicted octanol–water partition coefficient (Wildman–Crippen LogP) is 2.47. The van der Waals surface area contributed by atoms with Crippen LogP contribution >= 0.6 is 11.3 Å². The first-order valence-corrected chi connectivity index (χ1v) is 10.0. The first-order chi connectivity index (χ1) is 13.2. The molecule has 3 aromatic rings. The maximum absolute atomic E-state index is 12.6. The highest BCUT2D eigenvalue weighted by atomic mass is 32.1. The highest BCUT2D eigenvalue weighted by Crippen LogP contribution is 2.31. The van der Waals surface area contributed by atoms with Gasteiger partial charge in [0.25, 0.3) is 5.78 Å². The number of thiophene rings is 1. The average molecular weight is 375 g/mol. The molecule has 5 heteroatoms. The van der Waals surface area contributed by atoms with Crippen LogP contribution in [0.15, 0.2) is 66.0 Å². The molecule has 3 heterocycles. The number of hydrogen-bond donors (Lipinski definition) is 1. The Hall–Kier alpha value is -2.76. The van der Waals surface area contributed by atoms with Crippen molar-refractivity contribution in [2.75, 3.05) is 18.1 Å². The fourth-order valence-electron chi connectivity index (χ4n) is 4.29. The van der Waals surface area contributed by atoms with Gasteiger partial charge in [0, 0.05) is 22.4 Å². The number of nitrogens with zero attached hydrogens (tertiary/aromatic N) is 1. The first-order valence-electron chi connectivity index (χ1n) is 9.15. The molecule has 1 aromatic heterocycles. The highest BCUT2D eigenvalue weighted by Gasteiger charge is 2.41. The van der Waals surface area contributed by atoms with E-state index in [1.165, 1.54) is 20.9 Å². The smallest absolute Gasteiger partial charge is 0.303 e. The quantitative estimate of drug-likeness (QED) is 0.715. The van der Waals surface area contributed by atoms with Gasteiger partial charge in [-0.2, -0.15) is 0 Å². The Labute approximate surface area is 161 Å². The van der Waals surface area contributed by atoms with Gasteiger partial charge in [0.1, 0.15) is 6.04 Å². The molecule has 0 radical (unpaired) electrons. The normalized spacial score (nSPS) is 21.3. The van der Waals surface area contributed by atoms with Crippen LogP contribution in [0, 0.1) is 0 Å². The summed E-state index contributed by atoms with van der Waals surface area (Å²) >= 11 is 1.81. The summed E-state index contributed by atoms with van der Waals surface area (Å²) in [5.74, 6) is -0.805. The molecule has 4 nitrogen and oxygen atoms in total. The third kappa shape index (κ3) is 2.62. The Balaban J connectivity index is 1.53. The van der Waals surface area contributed by atoms with Crippen LogP contribution in [0.5, 0.6) is 0 Å². The zero-order valence-electron chi connectivity index (χ0n) is 14.7. The van der Waals surface area contributed by atoms with Gasteiger partial charge in [-0.15, -0.1) is 11.3 Å². The minimum absolute atomic E-state index is 0.178. The second-order valence-corrected chi connectivity index (χ2v) is 8.04. The molecule has 5 rings (SSSR count). The number of fused-ring (bicyclic) bond motifs is 2. The van der Waals surface area contributed by atoms with Crippen molar-refractivity contribution in [3.8, 4) is 0 Å². The van der Waals surface area contributed by atoms with E-state index in [-0.39, 0.29) is 6.04 Å². The topological polar surface area (TPSA) is 41.8 Å². The molecule has 1 unspecified atom stereocenters. The second-order valence-electron chi connectivity index (χ2n) is 7.04. The fourth-order valence-corrected chi connectivity index (χ4v) is 5.21. The number of quaternary nitrogens is 1. The van der Waals surface area contributed by atoms with Crippen molar-refractivity contribution in [3.05, 3.63) is 87.6 Å². The molecule has 0 bridgehead atoms. The van der Waals surface area contributed by atoms with Crippen LogP contribution in [0.4, 0.5) is 5.69 Å². The standard InChI is InChI=1S/C22H18N2O2S/c25-21-16-8-4-5-9-18(16)24(22(21)26)14-23-12-10-19-17(11-13-27-19)20(23)15-6-2-1-3-7-15/h1-9,11,13,20H,10,12,14H2/p+1/t20-/m0/s1. The number of benzene rings is 2. The number of nitrogens with one attached hydrogen (secondary N) is 1. The van der Waals surface area contributed by atoms with Gasteiger partial charge in [0.2, 0.25) is 0 Å². The van der Waals surface area contributed by atoms with Gasteiger partial charge < -0.3 is 4.90 Å². The van der Waals surface area contributed by atoms with Crippen molar-refractivity contribution in [2.45, 2.75) is 12.5 Å². The lowest BCUT2D eigenvalue weighted by Crippen LogP contribution is -3.15. The van der Waals surface area contributed by atoms with E-state index in [0.29, 0.717) is 12.2 Å². The maximum Gasteiger partial charge on any atom is 0.303 e. The Bertz CT molecular complexity index is 1030. The van der Waals surface area contributed by atoms with Crippen LogP contribution < -0.4 is 9.80 Å². The summed E-state index contributed by atoms with van der Waals surface area (Å²) in [5.41, 5.74) is 3.85. The Morgan fingerprint density at radius 3 is 2.63 bits per heavy atom. The van der Waals surface area contributed by atoms with Crippen LogP contribution in [-0.4, -0.2) is 24.9 Å². The summed E-state index contributed by atoms with van der Waals surface area (Å²) in [6.45, 7) is 1.43. The summed E-state index contributed by atoms with van der Waals surface area (Å²) < 4.78 is 0. The zero-order chi connectivity index (χ0) is 18.4. The van der Waals surface area contributed by atoms with Crippen LogP contribution in [0.3, 0.4) is 0 Å². The summed E-state index contributed by atoms with van der Waals surface area (Å²) in [6.07, 6.45) is 1.00. The molecule has 0 saturated heterocycles. The molecule has 2 aromatic carbocycles. The van der Waals surface area contributed by atoms with Gasteiger partial charge in [0.15, 0.2) is 6.67 Å². The molecule has 1 amide bonds. The van der Waals surface area contributed by atoms with E-state index in [1.54, 1.807) is 11.0 Å². The third-order valence-electron chi connectivity index (χ3n) is 5.55. The van der Waals surface area contributed by atoms with Crippen molar-refractivity contribution < 1.29 is 14.5 Å². The van der Waals surface area contributed by atoms with Crippen LogP contribution in [-0.2, 0) is 11.2 Å². The van der Waals surface area contributed by atoms with E-state index in [4.69, 9.17) is 0 Å². The lowest BCUT2D eigenvalue weighted by Gasteiger charge is -2.35. The molecular weight excluding hydrogens is 356 g/mol. The SMILES string of the molecule is O=C1C(=O)N(C[NH+]2CCc3sccc3[C@@H]2c2ccccc2)c2ccccc21. The van der Waals surface area contributed by atoms with Crippen molar-refractivity contribution in [1.29, 1.82) is 0 Å². The molecular formula is C22H19N2O2S+. The number of Topliss-reactive ketones (excluding diaryl/α,β-unsaturated/α-hetero) is 1. The third-order valence-corrected chi connectivity index (χ3v) is 6.54. The minimum atomic E-state index is -0.411. The second kappa shape index (κ2) is 6.44. The van der Waals surface area contributed by atoms with Crippen molar-refractivity contribution in [3.63, 3.8) is 0 Å².